The Bertz CT molecular complexity index is 920. The molecule has 3 aliphatic heterocycles. The van der Waals surface area contributed by atoms with E-state index in [2.05, 4.69) is 40.5 Å². The predicted octanol–water partition coefficient (Wildman–Crippen LogP) is 4.82. The molecule has 33 heavy (non-hydrogen) atoms. The number of nitrogens with zero attached hydrogens (tertiary/aromatic N) is 1. The van der Waals surface area contributed by atoms with Gasteiger partial charge in [0.15, 0.2) is 0 Å². The molecule has 2 aromatic carbocycles. The molecule has 3 fully saturated rings. The summed E-state index contributed by atoms with van der Waals surface area (Å²) in [7, 11) is 1.66. The molecule has 1 atom stereocenters. The molecule has 6 heteroatoms. The molecule has 6 nitrogen and oxygen atoms in total. The van der Waals surface area contributed by atoms with Gasteiger partial charge in [0, 0.05) is 13.7 Å². The molecule has 2 aromatic rings. The van der Waals surface area contributed by atoms with Crippen LogP contribution in [0.3, 0.4) is 0 Å². The highest BCUT2D eigenvalue weighted by Gasteiger charge is 2.34. The maximum absolute atomic E-state index is 12.8. The van der Waals surface area contributed by atoms with Gasteiger partial charge in [-0.05, 0) is 80.9 Å². The van der Waals surface area contributed by atoms with Crippen molar-refractivity contribution in [2.45, 2.75) is 44.8 Å². The number of fused-ring (bicyclic) bond motifs is 4. The van der Waals surface area contributed by atoms with Crippen LogP contribution in [-0.2, 0) is 15.0 Å². The molecule has 178 valence electrons. The predicted molar refractivity (Wildman–Crippen MR) is 129 cm³/mol. The van der Waals surface area contributed by atoms with Crippen LogP contribution in [0.1, 0.15) is 38.7 Å². The SMILES string of the molecule is COCCOc1cccc(-c2ccc(C(C)(C)NC(=O)OC3CCN4CCC3CC4)cc2)c1. The molecular weight excluding hydrogens is 416 g/mol. The molecule has 1 amide bonds. The summed E-state index contributed by atoms with van der Waals surface area (Å²) in [6.45, 7) is 8.39. The Hall–Kier alpha value is -2.57. The average Bonchev–Trinajstić information content (AvgIpc) is 3.12. The van der Waals surface area contributed by atoms with Crippen LogP contribution >= 0.6 is 0 Å². The van der Waals surface area contributed by atoms with E-state index in [1.807, 2.05) is 32.0 Å². The largest absolute Gasteiger partial charge is 0.491 e. The lowest BCUT2D eigenvalue weighted by molar-refractivity contribution is 0.0514. The highest BCUT2D eigenvalue weighted by Crippen LogP contribution is 2.30. The molecule has 2 bridgehead atoms. The van der Waals surface area contributed by atoms with Crippen molar-refractivity contribution in [2.24, 2.45) is 5.92 Å². The van der Waals surface area contributed by atoms with Crippen molar-refractivity contribution in [3.63, 3.8) is 0 Å². The van der Waals surface area contributed by atoms with Gasteiger partial charge in [-0.3, -0.25) is 0 Å². The number of carbonyl (C=O) groups is 1. The zero-order valence-electron chi connectivity index (χ0n) is 20.0. The van der Waals surface area contributed by atoms with E-state index in [4.69, 9.17) is 14.2 Å². The van der Waals surface area contributed by atoms with Crippen LogP contribution in [0.4, 0.5) is 4.79 Å². The molecule has 0 aromatic heterocycles. The van der Waals surface area contributed by atoms with E-state index in [9.17, 15) is 4.79 Å². The maximum atomic E-state index is 12.8. The second-order valence-electron chi connectivity index (χ2n) is 9.61. The van der Waals surface area contributed by atoms with E-state index in [0.29, 0.717) is 19.1 Å². The molecule has 0 spiro atoms. The van der Waals surface area contributed by atoms with Crippen molar-refractivity contribution in [3.05, 3.63) is 54.1 Å². The lowest BCUT2D eigenvalue weighted by Crippen LogP contribution is -2.43. The third-order valence-electron chi connectivity index (χ3n) is 6.89. The van der Waals surface area contributed by atoms with Crippen molar-refractivity contribution >= 4 is 6.09 Å². The number of ether oxygens (including phenoxy) is 3. The standard InChI is InChI=1S/C27H36N2O4/c1-27(2,28-26(30)33-25-13-16-29-14-11-21(25)12-15-29)23-9-7-20(8-10-23)22-5-4-6-24(19-22)32-18-17-31-3/h4-10,19,21,25H,11-18H2,1-3H3,(H,28,30). The third-order valence-corrected chi connectivity index (χ3v) is 6.89. The monoisotopic (exact) mass is 452 g/mol. The molecule has 5 rings (SSSR count). The molecule has 0 aliphatic carbocycles. The van der Waals surface area contributed by atoms with Crippen molar-refractivity contribution < 1.29 is 19.0 Å². The van der Waals surface area contributed by atoms with Gasteiger partial charge in [0.25, 0.3) is 0 Å². The van der Waals surface area contributed by atoms with Gasteiger partial charge in [0.1, 0.15) is 18.5 Å². The zero-order valence-corrected chi connectivity index (χ0v) is 20.0. The van der Waals surface area contributed by atoms with Gasteiger partial charge in [0.05, 0.1) is 12.1 Å². The molecule has 1 N–H and O–H groups in total. The van der Waals surface area contributed by atoms with Crippen molar-refractivity contribution in [3.8, 4) is 16.9 Å². The highest BCUT2D eigenvalue weighted by atomic mass is 16.6. The summed E-state index contributed by atoms with van der Waals surface area (Å²) in [5.74, 6) is 1.31. The fourth-order valence-corrected chi connectivity index (χ4v) is 4.83. The number of hydrogen-bond acceptors (Lipinski definition) is 5. The number of piperidine rings is 1. The van der Waals surface area contributed by atoms with Crippen molar-refractivity contribution in [1.29, 1.82) is 0 Å². The van der Waals surface area contributed by atoms with Crippen LogP contribution in [0.5, 0.6) is 5.75 Å². The fraction of sp³-hybridized carbons (Fsp3) is 0.519. The lowest BCUT2D eigenvalue weighted by atomic mass is 9.92. The van der Waals surface area contributed by atoms with Crippen molar-refractivity contribution in [1.82, 2.24) is 10.2 Å². The second-order valence-corrected chi connectivity index (χ2v) is 9.61. The number of rotatable bonds is 8. The Morgan fingerprint density at radius 2 is 1.73 bits per heavy atom. The Kier molecular flexibility index (Phi) is 7.56. The highest BCUT2D eigenvalue weighted by molar-refractivity contribution is 5.69. The van der Waals surface area contributed by atoms with E-state index in [1.54, 1.807) is 7.11 Å². The first-order valence-electron chi connectivity index (χ1n) is 12.0. The van der Waals surface area contributed by atoms with E-state index < -0.39 is 5.54 Å². The smallest absolute Gasteiger partial charge is 0.408 e. The molecule has 3 heterocycles. The van der Waals surface area contributed by atoms with Gasteiger partial charge in [-0.15, -0.1) is 0 Å². The van der Waals surface area contributed by atoms with Crippen LogP contribution in [0, 0.1) is 5.92 Å². The van der Waals surface area contributed by atoms with E-state index in [0.717, 1.165) is 61.3 Å². The first kappa shape index (κ1) is 23.6. The number of carbonyl (C=O) groups excluding carboxylic acids is 1. The molecule has 0 radical (unpaired) electrons. The van der Waals surface area contributed by atoms with Gasteiger partial charge in [-0.25, -0.2) is 4.79 Å². The second kappa shape index (κ2) is 10.6. The molecule has 3 aliphatic rings. The molecule has 0 saturated carbocycles. The topological polar surface area (TPSA) is 60.0 Å². The minimum Gasteiger partial charge on any atom is -0.491 e. The third kappa shape index (κ3) is 6.06. The summed E-state index contributed by atoms with van der Waals surface area (Å²) in [6, 6.07) is 16.3. The van der Waals surface area contributed by atoms with Crippen LogP contribution in [0.15, 0.2) is 48.5 Å². The Morgan fingerprint density at radius 1 is 1.00 bits per heavy atom. The maximum Gasteiger partial charge on any atom is 0.408 e. The van der Waals surface area contributed by atoms with Gasteiger partial charge in [-0.2, -0.15) is 0 Å². The fourth-order valence-electron chi connectivity index (χ4n) is 4.83. The number of benzene rings is 2. The van der Waals surface area contributed by atoms with E-state index in [1.165, 1.54) is 0 Å². The molecule has 1 unspecified atom stereocenters. The average molecular weight is 453 g/mol. The first-order valence-corrected chi connectivity index (χ1v) is 12.0. The summed E-state index contributed by atoms with van der Waals surface area (Å²) < 4.78 is 16.7. The summed E-state index contributed by atoms with van der Waals surface area (Å²) in [5, 5.41) is 3.09. The van der Waals surface area contributed by atoms with Gasteiger partial charge < -0.3 is 24.4 Å². The van der Waals surface area contributed by atoms with Gasteiger partial charge in [-0.1, -0.05) is 36.4 Å². The quantitative estimate of drug-likeness (QED) is 0.582. The summed E-state index contributed by atoms with van der Waals surface area (Å²) in [6.07, 6.45) is 2.88. The summed E-state index contributed by atoms with van der Waals surface area (Å²) in [5.41, 5.74) is 2.68. The van der Waals surface area contributed by atoms with Crippen LogP contribution < -0.4 is 10.1 Å². The Morgan fingerprint density at radius 3 is 2.45 bits per heavy atom. The van der Waals surface area contributed by atoms with E-state index in [-0.39, 0.29) is 12.2 Å². The minimum absolute atomic E-state index is 0.0223. The normalized spacial score (nSPS) is 22.5. The number of hydrogen-bond donors (Lipinski definition) is 1. The Labute approximate surface area is 197 Å². The van der Waals surface area contributed by atoms with Crippen LogP contribution in [-0.4, -0.2) is 57.1 Å². The number of amides is 1. The Balaban J connectivity index is 1.37. The number of nitrogens with one attached hydrogen (secondary N) is 1. The van der Waals surface area contributed by atoms with Crippen molar-refractivity contribution in [2.75, 3.05) is 40.0 Å². The first-order chi connectivity index (χ1) is 15.9. The number of methoxy groups -OCH3 is 1. The van der Waals surface area contributed by atoms with Crippen LogP contribution in [0.25, 0.3) is 11.1 Å². The summed E-state index contributed by atoms with van der Waals surface area (Å²) in [4.78, 5) is 15.2. The van der Waals surface area contributed by atoms with Crippen LogP contribution in [0.2, 0.25) is 0 Å². The van der Waals surface area contributed by atoms with Gasteiger partial charge in [0.2, 0.25) is 0 Å². The summed E-state index contributed by atoms with van der Waals surface area (Å²) >= 11 is 0. The van der Waals surface area contributed by atoms with E-state index >= 15 is 0 Å². The minimum atomic E-state index is -0.535. The number of alkyl carbamates (subject to hydrolysis) is 1. The molecule has 3 saturated heterocycles. The lowest BCUT2D eigenvalue weighted by Gasteiger charge is -2.31. The zero-order chi connectivity index (χ0) is 23.3. The molecular formula is C27H36N2O4. The van der Waals surface area contributed by atoms with Gasteiger partial charge >= 0.3 is 6.09 Å².